The number of nitrogens with zero attached hydrogens (tertiary/aromatic N) is 5. The van der Waals surface area contributed by atoms with Crippen LogP contribution in [0.5, 0.6) is 0 Å². The summed E-state index contributed by atoms with van der Waals surface area (Å²) in [6.45, 7) is 6.81. The SMILES string of the molecule is Cc1ccc(NC(=O)c2cccc(C(F)(F)F)c2)cc1Nc1nccn1-c1cc(NCCN2CCOCC2)ncn1. The first-order chi connectivity index (χ1) is 19.8. The van der Waals surface area contributed by atoms with E-state index in [2.05, 4.69) is 35.8 Å². The van der Waals surface area contributed by atoms with Crippen LogP contribution in [0.3, 0.4) is 0 Å². The molecular formula is C28H29F3N8O2. The van der Waals surface area contributed by atoms with Crippen LogP contribution < -0.4 is 16.0 Å². The Morgan fingerprint density at radius 2 is 1.88 bits per heavy atom. The Morgan fingerprint density at radius 3 is 2.68 bits per heavy atom. The molecule has 4 aromatic rings. The lowest BCUT2D eigenvalue weighted by molar-refractivity contribution is -0.137. The molecule has 0 unspecified atom stereocenters. The fourth-order valence-electron chi connectivity index (χ4n) is 4.32. The van der Waals surface area contributed by atoms with Crippen molar-refractivity contribution in [2.45, 2.75) is 13.1 Å². The molecule has 2 aromatic carbocycles. The zero-order valence-electron chi connectivity index (χ0n) is 22.3. The van der Waals surface area contributed by atoms with Gasteiger partial charge in [0.05, 0.1) is 18.8 Å². The average Bonchev–Trinajstić information content (AvgIpc) is 3.43. The molecule has 10 nitrogen and oxygen atoms in total. The number of rotatable bonds is 9. The summed E-state index contributed by atoms with van der Waals surface area (Å²) in [5.74, 6) is 1.10. The van der Waals surface area contributed by atoms with Crippen LogP contribution in [0.15, 0.2) is 67.3 Å². The lowest BCUT2D eigenvalue weighted by atomic mass is 10.1. The van der Waals surface area contributed by atoms with Crippen LogP contribution in [0.25, 0.3) is 5.82 Å². The standard InChI is InChI=1S/C28H29F3N8O2/c1-19-5-6-22(36-26(40)20-3-2-4-21(15-20)28(29,30)31)16-23(19)37-27-33-8-10-39(27)25-17-24(34-18-35-25)32-7-9-38-11-13-41-14-12-38/h2-6,8,10,15-18H,7,9,11-14H2,1H3,(H,33,37)(H,36,40)(H,32,34,35). The molecule has 3 N–H and O–H groups in total. The molecule has 3 heterocycles. The van der Waals surface area contributed by atoms with Crippen LogP contribution in [0, 0.1) is 6.92 Å². The van der Waals surface area contributed by atoms with Gasteiger partial charge in [-0.15, -0.1) is 0 Å². The van der Waals surface area contributed by atoms with Gasteiger partial charge in [0, 0.05) is 61.6 Å². The van der Waals surface area contributed by atoms with Crippen molar-refractivity contribution in [3.05, 3.63) is 83.9 Å². The van der Waals surface area contributed by atoms with Crippen molar-refractivity contribution >= 4 is 29.0 Å². The van der Waals surface area contributed by atoms with Gasteiger partial charge in [0.25, 0.3) is 5.91 Å². The van der Waals surface area contributed by atoms with Crippen LogP contribution in [-0.2, 0) is 10.9 Å². The number of anilines is 4. The summed E-state index contributed by atoms with van der Waals surface area (Å²) in [5, 5.41) is 9.26. The topological polar surface area (TPSA) is 109 Å². The normalized spacial score (nSPS) is 14.0. The summed E-state index contributed by atoms with van der Waals surface area (Å²) in [5.41, 5.74) is 0.946. The number of morpholine rings is 1. The molecule has 0 aliphatic carbocycles. The molecule has 1 saturated heterocycles. The number of benzene rings is 2. The van der Waals surface area contributed by atoms with Gasteiger partial charge in [-0.25, -0.2) is 15.0 Å². The molecular weight excluding hydrogens is 537 g/mol. The maximum absolute atomic E-state index is 13.1. The third-order valence-corrected chi connectivity index (χ3v) is 6.57. The number of carbonyl (C=O) groups is 1. The van der Waals surface area contributed by atoms with Gasteiger partial charge in [-0.1, -0.05) is 12.1 Å². The third kappa shape index (κ3) is 7.18. The highest BCUT2D eigenvalue weighted by atomic mass is 19.4. The van der Waals surface area contributed by atoms with Crippen molar-refractivity contribution in [1.82, 2.24) is 24.4 Å². The second-order valence-corrected chi connectivity index (χ2v) is 9.45. The molecule has 2 aromatic heterocycles. The Morgan fingerprint density at radius 1 is 1.05 bits per heavy atom. The maximum atomic E-state index is 13.1. The van der Waals surface area contributed by atoms with Gasteiger partial charge < -0.3 is 20.7 Å². The second-order valence-electron chi connectivity index (χ2n) is 9.45. The zero-order chi connectivity index (χ0) is 28.8. The number of imidazole rings is 1. The number of aromatic nitrogens is 4. The molecule has 0 saturated carbocycles. The lowest BCUT2D eigenvalue weighted by Gasteiger charge is -2.26. The third-order valence-electron chi connectivity index (χ3n) is 6.57. The van der Waals surface area contributed by atoms with Crippen LogP contribution in [0.1, 0.15) is 21.5 Å². The van der Waals surface area contributed by atoms with Crippen LogP contribution >= 0.6 is 0 Å². The quantitative estimate of drug-likeness (QED) is 0.267. The largest absolute Gasteiger partial charge is 0.416 e. The Kier molecular flexibility index (Phi) is 8.45. The number of alkyl halides is 3. The molecule has 1 aliphatic rings. The van der Waals surface area contributed by atoms with E-state index in [9.17, 15) is 18.0 Å². The highest BCUT2D eigenvalue weighted by Crippen LogP contribution is 2.30. The van der Waals surface area contributed by atoms with E-state index in [-0.39, 0.29) is 5.56 Å². The van der Waals surface area contributed by atoms with Crippen molar-refractivity contribution in [1.29, 1.82) is 0 Å². The summed E-state index contributed by atoms with van der Waals surface area (Å²) >= 11 is 0. The molecule has 0 spiro atoms. The smallest absolute Gasteiger partial charge is 0.379 e. The summed E-state index contributed by atoms with van der Waals surface area (Å²) < 4.78 is 46.4. The number of hydrogen-bond donors (Lipinski definition) is 3. The molecule has 41 heavy (non-hydrogen) atoms. The summed E-state index contributed by atoms with van der Waals surface area (Å²) in [4.78, 5) is 28.1. The first-order valence-electron chi connectivity index (χ1n) is 13.0. The van der Waals surface area contributed by atoms with Crippen LogP contribution in [0.2, 0.25) is 0 Å². The molecule has 13 heteroatoms. The first kappa shape index (κ1) is 28.1. The summed E-state index contributed by atoms with van der Waals surface area (Å²) in [6, 6.07) is 11.3. The minimum absolute atomic E-state index is 0.0939. The van der Waals surface area contributed by atoms with Crippen LogP contribution in [-0.4, -0.2) is 69.7 Å². The zero-order valence-corrected chi connectivity index (χ0v) is 22.3. The van der Waals surface area contributed by atoms with Crippen LogP contribution in [0.4, 0.5) is 36.3 Å². The molecule has 0 bridgehead atoms. The number of aryl methyl sites for hydroxylation is 1. The van der Waals surface area contributed by atoms with E-state index in [0.29, 0.717) is 29.0 Å². The van der Waals surface area contributed by atoms with Gasteiger partial charge in [-0.3, -0.25) is 14.3 Å². The molecule has 214 valence electrons. The predicted molar refractivity (Wildman–Crippen MR) is 149 cm³/mol. The fourth-order valence-corrected chi connectivity index (χ4v) is 4.32. The van der Waals surface area contributed by atoms with Gasteiger partial charge in [0.2, 0.25) is 5.95 Å². The van der Waals surface area contributed by atoms with E-state index in [1.807, 2.05) is 13.0 Å². The Labute approximate surface area is 234 Å². The van der Waals surface area contributed by atoms with Gasteiger partial charge in [-0.05, 0) is 42.8 Å². The Hall–Kier alpha value is -4.49. The Bertz CT molecular complexity index is 1500. The number of nitrogens with one attached hydrogen (secondary N) is 3. The number of hydrogen-bond acceptors (Lipinski definition) is 8. The highest BCUT2D eigenvalue weighted by molar-refractivity contribution is 6.04. The average molecular weight is 567 g/mol. The second kappa shape index (κ2) is 12.4. The van der Waals surface area contributed by atoms with Gasteiger partial charge in [0.1, 0.15) is 18.0 Å². The van der Waals surface area contributed by atoms with Crippen molar-refractivity contribution in [2.75, 3.05) is 55.3 Å². The van der Waals surface area contributed by atoms with Crippen molar-refractivity contribution in [3.63, 3.8) is 0 Å². The summed E-state index contributed by atoms with van der Waals surface area (Å²) in [6.07, 6.45) is 0.329. The molecule has 0 atom stereocenters. The van der Waals surface area contributed by atoms with Gasteiger partial charge >= 0.3 is 6.18 Å². The number of carbonyl (C=O) groups excluding carboxylic acids is 1. The van der Waals surface area contributed by atoms with Crippen molar-refractivity contribution in [2.24, 2.45) is 0 Å². The fraction of sp³-hybridized carbons (Fsp3) is 0.286. The van der Waals surface area contributed by atoms with E-state index in [1.165, 1.54) is 18.5 Å². The maximum Gasteiger partial charge on any atom is 0.416 e. The first-order valence-corrected chi connectivity index (χ1v) is 13.0. The molecule has 0 radical (unpaired) electrons. The van der Waals surface area contributed by atoms with E-state index >= 15 is 0 Å². The monoisotopic (exact) mass is 566 g/mol. The molecule has 1 fully saturated rings. The van der Waals surface area contributed by atoms with Crippen molar-refractivity contribution in [3.8, 4) is 5.82 Å². The predicted octanol–water partition coefficient (Wildman–Crippen LogP) is 4.73. The minimum atomic E-state index is -4.54. The molecule has 1 amide bonds. The number of halogens is 3. The summed E-state index contributed by atoms with van der Waals surface area (Å²) in [7, 11) is 0. The minimum Gasteiger partial charge on any atom is -0.379 e. The van der Waals surface area contributed by atoms with Crippen molar-refractivity contribution < 1.29 is 22.7 Å². The number of amides is 1. The molecule has 5 rings (SSSR count). The van der Waals surface area contributed by atoms with E-state index in [4.69, 9.17) is 4.74 Å². The lowest BCUT2D eigenvalue weighted by Crippen LogP contribution is -2.39. The van der Waals surface area contributed by atoms with E-state index < -0.39 is 17.6 Å². The highest BCUT2D eigenvalue weighted by Gasteiger charge is 2.31. The Balaban J connectivity index is 1.27. The van der Waals surface area contributed by atoms with Gasteiger partial charge in [0.15, 0.2) is 0 Å². The van der Waals surface area contributed by atoms with Gasteiger partial charge in [-0.2, -0.15) is 13.2 Å². The molecule has 1 aliphatic heterocycles. The van der Waals surface area contributed by atoms with E-state index in [0.717, 1.165) is 57.1 Å². The number of ether oxygens (including phenoxy) is 1. The van der Waals surface area contributed by atoms with E-state index in [1.54, 1.807) is 35.2 Å².